The summed E-state index contributed by atoms with van der Waals surface area (Å²) in [5.41, 5.74) is 4.20. The molecule has 0 aliphatic heterocycles. The van der Waals surface area contributed by atoms with Crippen molar-refractivity contribution in [1.82, 2.24) is 10.3 Å². The summed E-state index contributed by atoms with van der Waals surface area (Å²) in [6, 6.07) is 12.8. The van der Waals surface area contributed by atoms with Crippen molar-refractivity contribution >= 4 is 16.8 Å². The van der Waals surface area contributed by atoms with Gasteiger partial charge in [0.2, 0.25) is 5.91 Å². The second-order valence-electron chi connectivity index (χ2n) is 7.78. The van der Waals surface area contributed by atoms with Crippen LogP contribution in [0.5, 0.6) is 0 Å². The van der Waals surface area contributed by atoms with Crippen molar-refractivity contribution in [2.24, 2.45) is 5.92 Å². The number of halogens is 1. The molecular formula is C24H29FN2O. The summed E-state index contributed by atoms with van der Waals surface area (Å²) in [6.07, 6.45) is 4.15. The molecule has 0 aliphatic carbocycles. The largest absolute Gasteiger partial charge is 0.361 e. The number of hydrogen-bond acceptors (Lipinski definition) is 1. The normalized spacial score (nSPS) is 12.5. The van der Waals surface area contributed by atoms with Crippen LogP contribution in [0, 0.1) is 11.7 Å². The Bertz CT molecular complexity index is 945. The zero-order chi connectivity index (χ0) is 20.1. The van der Waals surface area contributed by atoms with Crippen LogP contribution in [-0.4, -0.2) is 17.4 Å². The molecular weight excluding hydrogens is 351 g/mol. The number of fused-ring (bicyclic) bond motifs is 1. The summed E-state index contributed by atoms with van der Waals surface area (Å²) in [7, 11) is 0. The van der Waals surface area contributed by atoms with Gasteiger partial charge in [-0.1, -0.05) is 51.1 Å². The van der Waals surface area contributed by atoms with Gasteiger partial charge in [0.1, 0.15) is 5.82 Å². The van der Waals surface area contributed by atoms with Crippen LogP contribution in [0.4, 0.5) is 4.39 Å². The Morgan fingerprint density at radius 1 is 1.18 bits per heavy atom. The van der Waals surface area contributed by atoms with E-state index in [9.17, 15) is 9.18 Å². The van der Waals surface area contributed by atoms with Gasteiger partial charge in [-0.05, 0) is 47.6 Å². The van der Waals surface area contributed by atoms with E-state index in [1.807, 2.05) is 18.3 Å². The standard InChI is InChI=1S/C24H29FN2O/c1-4-17-7-6-10-20-22(15-27-24(17)20)21(18-8-5-9-19(25)13-18)14-23(28)26-12-11-16(2)3/h5-10,13,15-16,21,27H,4,11-12,14H2,1-3H3,(H,26,28). The van der Waals surface area contributed by atoms with E-state index >= 15 is 0 Å². The van der Waals surface area contributed by atoms with Crippen LogP contribution in [0.15, 0.2) is 48.7 Å². The van der Waals surface area contributed by atoms with Gasteiger partial charge in [-0.15, -0.1) is 0 Å². The minimum absolute atomic E-state index is 0.00379. The lowest BCUT2D eigenvalue weighted by Crippen LogP contribution is -2.27. The molecule has 148 valence electrons. The SMILES string of the molecule is CCc1cccc2c(C(CC(=O)NCCC(C)C)c3cccc(F)c3)c[nH]c12. The highest BCUT2D eigenvalue weighted by Gasteiger charge is 2.22. The van der Waals surface area contributed by atoms with Crippen LogP contribution in [0.1, 0.15) is 56.2 Å². The topological polar surface area (TPSA) is 44.9 Å². The van der Waals surface area contributed by atoms with E-state index in [0.29, 0.717) is 18.9 Å². The molecule has 0 aliphatic rings. The number of aromatic amines is 1. The van der Waals surface area contributed by atoms with Crippen LogP contribution >= 0.6 is 0 Å². The molecule has 0 radical (unpaired) electrons. The molecule has 0 saturated heterocycles. The number of benzene rings is 2. The van der Waals surface area contributed by atoms with Crippen LogP contribution < -0.4 is 5.32 Å². The molecule has 28 heavy (non-hydrogen) atoms. The quantitative estimate of drug-likeness (QED) is 0.528. The van der Waals surface area contributed by atoms with Gasteiger partial charge in [0.15, 0.2) is 0 Å². The number of carbonyl (C=O) groups is 1. The maximum atomic E-state index is 13.9. The predicted octanol–water partition coefficient (Wildman–Crippen LogP) is 5.55. The molecule has 2 aromatic carbocycles. The summed E-state index contributed by atoms with van der Waals surface area (Å²) in [4.78, 5) is 16.0. The van der Waals surface area contributed by atoms with Crippen LogP contribution in [0.3, 0.4) is 0 Å². The first kappa shape index (κ1) is 20.1. The molecule has 3 nitrogen and oxygen atoms in total. The van der Waals surface area contributed by atoms with Crippen molar-refractivity contribution in [2.75, 3.05) is 6.54 Å². The Kier molecular flexibility index (Phi) is 6.50. The van der Waals surface area contributed by atoms with Crippen LogP contribution in [0.25, 0.3) is 10.9 Å². The predicted molar refractivity (Wildman–Crippen MR) is 113 cm³/mol. The van der Waals surface area contributed by atoms with Crippen molar-refractivity contribution in [3.05, 3.63) is 71.2 Å². The lowest BCUT2D eigenvalue weighted by atomic mass is 9.87. The Morgan fingerprint density at radius 2 is 1.96 bits per heavy atom. The Morgan fingerprint density at radius 3 is 2.68 bits per heavy atom. The zero-order valence-electron chi connectivity index (χ0n) is 16.9. The summed E-state index contributed by atoms with van der Waals surface area (Å²) in [5.74, 6) is 0.0590. The van der Waals surface area contributed by atoms with Gasteiger partial charge in [-0.2, -0.15) is 0 Å². The van der Waals surface area contributed by atoms with Gasteiger partial charge in [0.25, 0.3) is 0 Å². The number of aromatic nitrogens is 1. The monoisotopic (exact) mass is 380 g/mol. The minimum atomic E-state index is -0.281. The first-order valence-corrected chi connectivity index (χ1v) is 10.1. The fourth-order valence-electron chi connectivity index (χ4n) is 3.71. The Labute approximate surface area is 166 Å². The van der Waals surface area contributed by atoms with Crippen LogP contribution in [0.2, 0.25) is 0 Å². The Balaban J connectivity index is 1.94. The van der Waals surface area contributed by atoms with E-state index in [1.165, 1.54) is 17.7 Å². The summed E-state index contributed by atoms with van der Waals surface area (Å²) >= 11 is 0. The van der Waals surface area contributed by atoms with Crippen molar-refractivity contribution in [2.45, 2.75) is 46.0 Å². The molecule has 0 spiro atoms. The van der Waals surface area contributed by atoms with Gasteiger partial charge in [0.05, 0.1) is 0 Å². The van der Waals surface area contributed by atoms with E-state index in [0.717, 1.165) is 34.9 Å². The zero-order valence-corrected chi connectivity index (χ0v) is 16.9. The number of carbonyl (C=O) groups excluding carboxylic acids is 1. The molecule has 0 fully saturated rings. The molecule has 0 saturated carbocycles. The van der Waals surface area contributed by atoms with E-state index in [4.69, 9.17) is 0 Å². The highest BCUT2D eigenvalue weighted by Crippen LogP contribution is 2.34. The van der Waals surface area contributed by atoms with Gasteiger partial charge < -0.3 is 10.3 Å². The second-order valence-corrected chi connectivity index (χ2v) is 7.78. The average molecular weight is 381 g/mol. The molecule has 4 heteroatoms. The van der Waals surface area contributed by atoms with Crippen molar-refractivity contribution < 1.29 is 9.18 Å². The highest BCUT2D eigenvalue weighted by molar-refractivity contribution is 5.88. The molecule has 3 aromatic rings. The molecule has 1 atom stereocenters. The number of rotatable bonds is 8. The fourth-order valence-corrected chi connectivity index (χ4v) is 3.71. The first-order valence-electron chi connectivity index (χ1n) is 10.1. The molecule has 3 rings (SSSR count). The maximum absolute atomic E-state index is 13.9. The number of para-hydroxylation sites is 1. The maximum Gasteiger partial charge on any atom is 0.220 e. The summed E-state index contributed by atoms with van der Waals surface area (Å²) < 4.78 is 13.9. The number of H-pyrrole nitrogens is 1. The highest BCUT2D eigenvalue weighted by atomic mass is 19.1. The molecule has 1 amide bonds. The van der Waals surface area contributed by atoms with E-state index in [-0.39, 0.29) is 17.6 Å². The smallest absolute Gasteiger partial charge is 0.220 e. The average Bonchev–Trinajstić information content (AvgIpc) is 3.09. The molecule has 1 heterocycles. The van der Waals surface area contributed by atoms with Gasteiger partial charge in [-0.3, -0.25) is 4.79 Å². The lowest BCUT2D eigenvalue weighted by molar-refractivity contribution is -0.121. The van der Waals surface area contributed by atoms with Crippen LogP contribution in [-0.2, 0) is 11.2 Å². The minimum Gasteiger partial charge on any atom is -0.361 e. The third-order valence-electron chi connectivity index (χ3n) is 5.27. The summed E-state index contributed by atoms with van der Waals surface area (Å²) in [6.45, 7) is 7.07. The fraction of sp³-hybridized carbons (Fsp3) is 0.375. The van der Waals surface area contributed by atoms with E-state index in [1.54, 1.807) is 6.07 Å². The number of amides is 1. The molecule has 1 unspecified atom stereocenters. The van der Waals surface area contributed by atoms with Crippen molar-refractivity contribution in [1.29, 1.82) is 0 Å². The van der Waals surface area contributed by atoms with E-state index < -0.39 is 0 Å². The van der Waals surface area contributed by atoms with Crippen molar-refractivity contribution in [3.63, 3.8) is 0 Å². The van der Waals surface area contributed by atoms with Gasteiger partial charge >= 0.3 is 0 Å². The third-order valence-corrected chi connectivity index (χ3v) is 5.27. The number of hydrogen-bond donors (Lipinski definition) is 2. The molecule has 1 aromatic heterocycles. The van der Waals surface area contributed by atoms with E-state index in [2.05, 4.69) is 43.2 Å². The number of aryl methyl sites for hydroxylation is 1. The summed E-state index contributed by atoms with van der Waals surface area (Å²) in [5, 5.41) is 4.12. The molecule has 2 N–H and O–H groups in total. The molecule has 0 bridgehead atoms. The third kappa shape index (κ3) is 4.61. The van der Waals surface area contributed by atoms with Crippen molar-refractivity contribution in [3.8, 4) is 0 Å². The second kappa shape index (κ2) is 9.05. The van der Waals surface area contributed by atoms with Gasteiger partial charge in [0, 0.05) is 36.0 Å². The number of nitrogens with one attached hydrogen (secondary N) is 2. The Hall–Kier alpha value is -2.62. The van der Waals surface area contributed by atoms with Gasteiger partial charge in [-0.25, -0.2) is 4.39 Å². The first-order chi connectivity index (χ1) is 13.5. The lowest BCUT2D eigenvalue weighted by Gasteiger charge is -2.18.